The van der Waals surface area contributed by atoms with Crippen LogP contribution in [0.25, 0.3) is 21.0 Å². The number of carbonyl (C=O) groups excluding carboxylic acids is 2. The van der Waals surface area contributed by atoms with Crippen molar-refractivity contribution in [1.29, 1.82) is 0 Å². The maximum absolute atomic E-state index is 12.2. The number of benzene rings is 2. The molecule has 0 N–H and O–H groups in total. The van der Waals surface area contributed by atoms with Crippen molar-refractivity contribution < 1.29 is 23.8 Å². The molecular weight excluding hydrogens is 512 g/mol. The molecule has 0 aliphatic carbocycles. The lowest BCUT2D eigenvalue weighted by atomic mass is 10.1. The van der Waals surface area contributed by atoms with Crippen LogP contribution < -0.4 is 4.74 Å². The zero-order valence-corrected chi connectivity index (χ0v) is 24.3. The van der Waals surface area contributed by atoms with E-state index in [-0.39, 0.29) is 12.1 Å². The molecular formula is C31H38N2O5S. The van der Waals surface area contributed by atoms with Crippen LogP contribution in [0.5, 0.6) is 5.75 Å². The molecule has 3 aromatic rings. The van der Waals surface area contributed by atoms with Crippen molar-refractivity contribution >= 4 is 29.1 Å². The van der Waals surface area contributed by atoms with Crippen LogP contribution in [-0.2, 0) is 20.7 Å². The molecule has 7 nitrogen and oxygen atoms in total. The average molecular weight is 551 g/mol. The highest BCUT2D eigenvalue weighted by Crippen LogP contribution is 2.33. The van der Waals surface area contributed by atoms with E-state index in [9.17, 15) is 9.59 Å². The molecule has 0 saturated carbocycles. The number of rotatable bonds is 12. The average Bonchev–Trinajstić information content (AvgIpc) is 3.40. The molecule has 1 amide bonds. The van der Waals surface area contributed by atoms with Crippen LogP contribution in [0.3, 0.4) is 0 Å². The molecule has 1 aromatic heterocycles. The van der Waals surface area contributed by atoms with Gasteiger partial charge in [0.05, 0.1) is 18.6 Å². The van der Waals surface area contributed by atoms with E-state index in [0.717, 1.165) is 45.4 Å². The third kappa shape index (κ3) is 9.94. The van der Waals surface area contributed by atoms with Gasteiger partial charge in [0.2, 0.25) is 0 Å². The van der Waals surface area contributed by atoms with Gasteiger partial charge in [-0.2, -0.15) is 4.99 Å². The molecule has 0 radical (unpaired) electrons. The van der Waals surface area contributed by atoms with Gasteiger partial charge < -0.3 is 14.2 Å². The molecule has 0 saturated heterocycles. The number of aliphatic imine (C=N–C) groups is 1. The number of thiazole rings is 1. The quantitative estimate of drug-likeness (QED) is 0.129. The Kier molecular flexibility index (Phi) is 11.2. The van der Waals surface area contributed by atoms with Crippen LogP contribution in [0.15, 0.2) is 59.7 Å². The first kappa shape index (κ1) is 30.0. The Morgan fingerprint density at radius 2 is 1.59 bits per heavy atom. The van der Waals surface area contributed by atoms with Gasteiger partial charge >= 0.3 is 12.1 Å². The standard InChI is InChI=1S/C31H38N2O5S/c1-6-7-8-9-10-19-37-25-17-15-23(16-18-25)27-21-32-28(39-27)24-13-11-22(12-14-24)20-26(29(34)36-5)33-30(35)38-31(2,3)4/h11-18,21H,6-10,19-20H2,1-5H3. The highest BCUT2D eigenvalue weighted by Gasteiger charge is 2.20. The van der Waals surface area contributed by atoms with Crippen molar-refractivity contribution in [1.82, 2.24) is 4.98 Å². The number of esters is 1. The zero-order valence-electron chi connectivity index (χ0n) is 23.5. The molecule has 0 aliphatic rings. The van der Waals surface area contributed by atoms with Gasteiger partial charge in [0.1, 0.15) is 22.1 Å². The number of aromatic nitrogens is 1. The predicted molar refractivity (Wildman–Crippen MR) is 157 cm³/mol. The number of unbranched alkanes of at least 4 members (excludes halogenated alkanes) is 4. The second-order valence-electron chi connectivity index (χ2n) is 10.2. The lowest BCUT2D eigenvalue weighted by Crippen LogP contribution is -2.25. The molecule has 39 heavy (non-hydrogen) atoms. The van der Waals surface area contributed by atoms with Gasteiger partial charge in [-0.05, 0) is 62.6 Å². The van der Waals surface area contributed by atoms with Crippen LogP contribution in [0.2, 0.25) is 0 Å². The van der Waals surface area contributed by atoms with Crippen LogP contribution >= 0.6 is 11.3 Å². The zero-order chi connectivity index (χ0) is 28.3. The number of methoxy groups -OCH3 is 1. The van der Waals surface area contributed by atoms with Crippen molar-refractivity contribution in [3.8, 4) is 26.8 Å². The Hall–Kier alpha value is -3.52. The van der Waals surface area contributed by atoms with Crippen LogP contribution in [0.4, 0.5) is 4.79 Å². The first-order valence-electron chi connectivity index (χ1n) is 13.4. The topological polar surface area (TPSA) is 87.1 Å². The van der Waals surface area contributed by atoms with Gasteiger partial charge in [0, 0.05) is 18.2 Å². The molecule has 208 valence electrons. The molecule has 0 bridgehead atoms. The maximum Gasteiger partial charge on any atom is 0.434 e. The molecule has 0 aliphatic heterocycles. The van der Waals surface area contributed by atoms with Crippen molar-refractivity contribution in [3.05, 3.63) is 60.3 Å². The summed E-state index contributed by atoms with van der Waals surface area (Å²) in [5, 5.41) is 0.888. The van der Waals surface area contributed by atoms with Gasteiger partial charge in [0.15, 0.2) is 0 Å². The van der Waals surface area contributed by atoms with Gasteiger partial charge in [-0.1, -0.05) is 56.9 Å². The highest BCUT2D eigenvalue weighted by atomic mass is 32.1. The van der Waals surface area contributed by atoms with E-state index >= 15 is 0 Å². The third-order valence-corrected chi connectivity index (χ3v) is 6.87. The summed E-state index contributed by atoms with van der Waals surface area (Å²) in [6.07, 6.45) is 7.29. The fourth-order valence-electron chi connectivity index (χ4n) is 3.78. The summed E-state index contributed by atoms with van der Waals surface area (Å²) in [5.41, 5.74) is 2.14. The molecule has 0 fully saturated rings. The SMILES string of the molecule is CCCCCCCOc1ccc(-c2cnc(-c3ccc(CC(=NC(=O)OC(C)(C)C)C(=O)OC)cc3)s2)cc1. The molecule has 3 rings (SSSR count). The van der Waals surface area contributed by atoms with E-state index < -0.39 is 17.7 Å². The Morgan fingerprint density at radius 3 is 2.23 bits per heavy atom. The van der Waals surface area contributed by atoms with Crippen molar-refractivity contribution in [3.63, 3.8) is 0 Å². The largest absolute Gasteiger partial charge is 0.494 e. The Balaban J connectivity index is 1.62. The fourth-order valence-corrected chi connectivity index (χ4v) is 4.71. The molecule has 0 unspecified atom stereocenters. The Labute approximate surface area is 235 Å². The van der Waals surface area contributed by atoms with Gasteiger partial charge in [-0.3, -0.25) is 0 Å². The molecule has 0 atom stereocenters. The normalized spacial score (nSPS) is 11.8. The number of ether oxygens (including phenoxy) is 3. The summed E-state index contributed by atoms with van der Waals surface area (Å²) in [5.74, 6) is 0.217. The van der Waals surface area contributed by atoms with E-state index in [4.69, 9.17) is 14.2 Å². The van der Waals surface area contributed by atoms with E-state index in [0.29, 0.717) is 0 Å². The third-order valence-electron chi connectivity index (χ3n) is 5.77. The minimum Gasteiger partial charge on any atom is -0.494 e. The Bertz CT molecular complexity index is 1240. The molecule has 8 heteroatoms. The second-order valence-corrected chi connectivity index (χ2v) is 11.3. The summed E-state index contributed by atoms with van der Waals surface area (Å²) in [4.78, 5) is 33.8. The van der Waals surface area contributed by atoms with E-state index in [2.05, 4.69) is 29.0 Å². The number of hydrogen-bond acceptors (Lipinski definition) is 7. The van der Waals surface area contributed by atoms with Crippen LogP contribution in [0.1, 0.15) is 65.4 Å². The smallest absolute Gasteiger partial charge is 0.434 e. The number of carbonyl (C=O) groups is 2. The molecule has 2 aromatic carbocycles. The number of nitrogens with zero attached hydrogens (tertiary/aromatic N) is 2. The number of hydrogen-bond donors (Lipinski definition) is 0. The van der Waals surface area contributed by atoms with Gasteiger partial charge in [-0.25, -0.2) is 14.6 Å². The second kappa shape index (κ2) is 14.6. The lowest BCUT2D eigenvalue weighted by Gasteiger charge is -2.17. The van der Waals surface area contributed by atoms with Crippen molar-refractivity contribution in [2.24, 2.45) is 4.99 Å². The highest BCUT2D eigenvalue weighted by molar-refractivity contribution is 7.18. The first-order chi connectivity index (χ1) is 18.7. The molecule has 0 spiro atoms. The summed E-state index contributed by atoms with van der Waals surface area (Å²) < 4.78 is 15.9. The van der Waals surface area contributed by atoms with E-state index in [1.54, 1.807) is 32.1 Å². The van der Waals surface area contributed by atoms with Gasteiger partial charge in [0.25, 0.3) is 0 Å². The predicted octanol–water partition coefficient (Wildman–Crippen LogP) is 7.92. The van der Waals surface area contributed by atoms with Gasteiger partial charge in [-0.15, -0.1) is 11.3 Å². The summed E-state index contributed by atoms with van der Waals surface area (Å²) in [6.45, 7) is 8.18. The van der Waals surface area contributed by atoms with Crippen LogP contribution in [-0.4, -0.2) is 42.1 Å². The summed E-state index contributed by atoms with van der Waals surface area (Å²) >= 11 is 1.60. The Morgan fingerprint density at radius 1 is 0.923 bits per heavy atom. The number of amides is 1. The molecule has 1 heterocycles. The first-order valence-corrected chi connectivity index (χ1v) is 14.2. The maximum atomic E-state index is 12.2. The van der Waals surface area contributed by atoms with E-state index in [1.807, 2.05) is 42.6 Å². The fraction of sp³-hybridized carbons (Fsp3) is 0.419. The minimum absolute atomic E-state index is 0.0139. The van der Waals surface area contributed by atoms with Crippen molar-refractivity contribution in [2.45, 2.75) is 71.8 Å². The summed E-state index contributed by atoms with van der Waals surface area (Å²) in [7, 11) is 1.26. The monoisotopic (exact) mass is 550 g/mol. The van der Waals surface area contributed by atoms with Crippen LogP contribution in [0, 0.1) is 0 Å². The van der Waals surface area contributed by atoms with Crippen molar-refractivity contribution in [2.75, 3.05) is 13.7 Å². The minimum atomic E-state index is -0.822. The van der Waals surface area contributed by atoms with E-state index in [1.165, 1.54) is 32.8 Å². The summed E-state index contributed by atoms with van der Waals surface area (Å²) in [6, 6.07) is 15.8. The lowest BCUT2D eigenvalue weighted by molar-refractivity contribution is -0.132.